The summed E-state index contributed by atoms with van der Waals surface area (Å²) in [5.74, 6) is 0.606. The monoisotopic (exact) mass is 186 g/mol. The molecule has 1 nitrogen and oxygen atoms in total. The van der Waals surface area contributed by atoms with E-state index in [1.165, 1.54) is 31.3 Å². The van der Waals surface area contributed by atoms with E-state index in [9.17, 15) is 0 Å². The van der Waals surface area contributed by atoms with Crippen molar-refractivity contribution in [2.75, 3.05) is 6.61 Å². The molecule has 0 bridgehead atoms. The summed E-state index contributed by atoms with van der Waals surface area (Å²) >= 11 is 0. The van der Waals surface area contributed by atoms with E-state index in [1.54, 1.807) is 0 Å². The van der Waals surface area contributed by atoms with E-state index in [2.05, 4.69) is 20.4 Å². The van der Waals surface area contributed by atoms with Gasteiger partial charge < -0.3 is 4.43 Å². The predicted molar refractivity (Wildman–Crippen MR) is 58.3 cm³/mol. The van der Waals surface area contributed by atoms with Gasteiger partial charge in [0.2, 0.25) is 0 Å². The van der Waals surface area contributed by atoms with Crippen molar-refractivity contribution in [2.45, 2.75) is 39.5 Å². The summed E-state index contributed by atoms with van der Waals surface area (Å²) in [6.07, 6.45) is 4.89. The average Bonchev–Trinajstić information content (AvgIpc) is 2.10. The molecule has 0 aliphatic rings. The molecule has 0 amide bonds. The Morgan fingerprint density at radius 2 is 2.17 bits per heavy atom. The molecule has 1 unspecified atom stereocenters. The van der Waals surface area contributed by atoms with Crippen molar-refractivity contribution in [3.8, 4) is 0 Å². The average molecular weight is 186 g/mol. The second-order valence-corrected chi connectivity index (χ2v) is 3.90. The topological polar surface area (TPSA) is 9.23 Å². The molecule has 0 heterocycles. The number of hydrogen-bond donors (Lipinski definition) is 0. The Morgan fingerprint density at radius 3 is 2.58 bits per heavy atom. The molecule has 72 valence electrons. The zero-order valence-corrected chi connectivity index (χ0v) is 10.7. The Hall–Kier alpha value is -0.0831. The maximum atomic E-state index is 5.27. The minimum absolute atomic E-state index is 0.606. The highest BCUT2D eigenvalue weighted by Gasteiger charge is 2.08. The van der Waals surface area contributed by atoms with Gasteiger partial charge in [-0.2, -0.15) is 0 Å². The van der Waals surface area contributed by atoms with Gasteiger partial charge in [-0.05, 0) is 19.3 Å². The van der Waals surface area contributed by atoms with Crippen LogP contribution in [0.5, 0.6) is 0 Å². The van der Waals surface area contributed by atoms with Crippen molar-refractivity contribution in [1.29, 1.82) is 0 Å². The third-order valence-corrected chi connectivity index (χ3v) is 2.62. The van der Waals surface area contributed by atoms with Crippen LogP contribution < -0.4 is 0 Å². The normalized spacial score (nSPS) is 13.2. The third-order valence-electron chi connectivity index (χ3n) is 2.29. The maximum Gasteiger partial charge on any atom is 0.145 e. The van der Waals surface area contributed by atoms with Gasteiger partial charge in [-0.25, -0.2) is 0 Å². The molecule has 0 aromatic rings. The molecule has 0 aliphatic heterocycles. The summed E-state index contributed by atoms with van der Waals surface area (Å²) in [6, 6.07) is 0. The number of unbranched alkanes of at least 4 members (excludes halogenated alkanes) is 1. The predicted octanol–water partition coefficient (Wildman–Crippen LogP) is 2.06. The molecule has 0 saturated carbocycles. The van der Waals surface area contributed by atoms with Crippen LogP contribution >= 0.6 is 0 Å². The Kier molecular flexibility index (Phi) is 7.51. The lowest BCUT2D eigenvalue weighted by Crippen LogP contribution is -2.09. The van der Waals surface area contributed by atoms with Gasteiger partial charge in [-0.15, -0.1) is 0 Å². The van der Waals surface area contributed by atoms with Crippen LogP contribution in [0, 0.1) is 5.92 Å². The summed E-state index contributed by atoms with van der Waals surface area (Å²) < 4.78 is 5.27. The van der Waals surface area contributed by atoms with E-state index in [4.69, 9.17) is 4.43 Å². The van der Waals surface area contributed by atoms with Crippen molar-refractivity contribution in [3.63, 3.8) is 0 Å². The third kappa shape index (κ3) is 4.73. The van der Waals surface area contributed by atoms with Gasteiger partial charge >= 0.3 is 0 Å². The zero-order valence-electron chi connectivity index (χ0n) is 8.73. The highest BCUT2D eigenvalue weighted by molar-refractivity contribution is 5.97. The first-order valence-corrected chi connectivity index (χ1v) is 5.74. The van der Waals surface area contributed by atoms with E-state index >= 15 is 0 Å². The van der Waals surface area contributed by atoms with E-state index < -0.39 is 0 Å². The van der Waals surface area contributed by atoms with Gasteiger partial charge in [-0.1, -0.05) is 32.4 Å². The standard InChI is InChI=1S/C10H22OSi/c1-4-6-7-9(3)10(5-2)8-11-12/h10H,3-8H2,1-2,12H3. The van der Waals surface area contributed by atoms with Crippen LogP contribution in [-0.4, -0.2) is 17.1 Å². The molecule has 1 atom stereocenters. The van der Waals surface area contributed by atoms with Gasteiger partial charge in [-0.3, -0.25) is 0 Å². The molecule has 2 heteroatoms. The van der Waals surface area contributed by atoms with E-state index in [0.29, 0.717) is 5.92 Å². The van der Waals surface area contributed by atoms with Crippen molar-refractivity contribution < 1.29 is 4.43 Å². The fourth-order valence-corrected chi connectivity index (χ4v) is 1.74. The lowest BCUT2D eigenvalue weighted by Gasteiger charge is -2.16. The lowest BCUT2D eigenvalue weighted by atomic mass is 9.94. The fraction of sp³-hybridized carbons (Fsp3) is 0.800. The summed E-state index contributed by atoms with van der Waals surface area (Å²) in [5.41, 5.74) is 1.38. The second kappa shape index (κ2) is 7.56. The maximum absolute atomic E-state index is 5.27. The summed E-state index contributed by atoms with van der Waals surface area (Å²) in [6.45, 7) is 9.44. The van der Waals surface area contributed by atoms with E-state index in [0.717, 1.165) is 17.1 Å². The summed E-state index contributed by atoms with van der Waals surface area (Å²) in [7, 11) is 0.851. The van der Waals surface area contributed by atoms with Crippen LogP contribution in [0.3, 0.4) is 0 Å². The van der Waals surface area contributed by atoms with Crippen LogP contribution in [0.15, 0.2) is 12.2 Å². The molecule has 0 radical (unpaired) electrons. The Balaban J connectivity index is 3.69. The molecule has 0 aliphatic carbocycles. The molecule has 0 spiro atoms. The van der Waals surface area contributed by atoms with Crippen molar-refractivity contribution in [3.05, 3.63) is 12.2 Å². The molecule has 0 N–H and O–H groups in total. The summed E-state index contributed by atoms with van der Waals surface area (Å²) in [4.78, 5) is 0. The van der Waals surface area contributed by atoms with Crippen molar-refractivity contribution in [2.24, 2.45) is 5.92 Å². The first-order valence-electron chi connectivity index (χ1n) is 4.92. The summed E-state index contributed by atoms with van der Waals surface area (Å²) in [5, 5.41) is 0. The van der Waals surface area contributed by atoms with Gasteiger partial charge in [0.25, 0.3) is 0 Å². The first kappa shape index (κ1) is 11.9. The molecular weight excluding hydrogens is 164 g/mol. The zero-order chi connectivity index (χ0) is 9.40. The van der Waals surface area contributed by atoms with E-state index in [1.807, 2.05) is 0 Å². The van der Waals surface area contributed by atoms with Gasteiger partial charge in [0.1, 0.15) is 10.5 Å². The molecular formula is C10H22OSi. The first-order chi connectivity index (χ1) is 5.76. The van der Waals surface area contributed by atoms with Crippen molar-refractivity contribution >= 4 is 10.5 Å². The second-order valence-electron chi connectivity index (χ2n) is 3.32. The number of hydrogen-bond acceptors (Lipinski definition) is 1. The molecule has 0 rings (SSSR count). The smallest absolute Gasteiger partial charge is 0.145 e. The van der Waals surface area contributed by atoms with Crippen LogP contribution in [0.2, 0.25) is 0 Å². The number of rotatable bonds is 7. The minimum Gasteiger partial charge on any atom is -0.427 e. The van der Waals surface area contributed by atoms with Crippen LogP contribution in [0.4, 0.5) is 0 Å². The molecule has 12 heavy (non-hydrogen) atoms. The fourth-order valence-electron chi connectivity index (χ4n) is 1.33. The largest absolute Gasteiger partial charge is 0.427 e. The lowest BCUT2D eigenvalue weighted by molar-refractivity contribution is 0.285. The van der Waals surface area contributed by atoms with Crippen LogP contribution in [0.25, 0.3) is 0 Å². The van der Waals surface area contributed by atoms with E-state index in [-0.39, 0.29) is 0 Å². The minimum atomic E-state index is 0.606. The molecule has 0 saturated heterocycles. The highest BCUT2D eigenvalue weighted by atomic mass is 28.2. The van der Waals surface area contributed by atoms with Crippen LogP contribution in [0.1, 0.15) is 39.5 Å². The Labute approximate surface area is 79.7 Å². The molecule has 0 aromatic heterocycles. The van der Waals surface area contributed by atoms with Gasteiger partial charge in [0.05, 0.1) is 0 Å². The highest BCUT2D eigenvalue weighted by Crippen LogP contribution is 2.18. The quantitative estimate of drug-likeness (QED) is 0.437. The molecule has 0 aromatic carbocycles. The Morgan fingerprint density at radius 1 is 1.50 bits per heavy atom. The van der Waals surface area contributed by atoms with Gasteiger partial charge in [0, 0.05) is 12.5 Å². The SMILES string of the molecule is C=C(CCCC)C(CC)CO[SiH3]. The van der Waals surface area contributed by atoms with Crippen LogP contribution in [-0.2, 0) is 4.43 Å². The van der Waals surface area contributed by atoms with Crippen molar-refractivity contribution in [1.82, 2.24) is 0 Å². The Bertz CT molecular complexity index is 123. The van der Waals surface area contributed by atoms with Gasteiger partial charge in [0.15, 0.2) is 0 Å². The molecule has 0 fully saturated rings.